The molecule has 2 aromatic rings. The Bertz CT molecular complexity index is 868. The minimum atomic E-state index is -0.709. The molecule has 0 saturated carbocycles. The monoisotopic (exact) mass is 406 g/mol. The number of rotatable bonds is 4. The van der Waals surface area contributed by atoms with Gasteiger partial charge in [0.2, 0.25) is 0 Å². The van der Waals surface area contributed by atoms with E-state index in [4.69, 9.17) is 33.0 Å². The fraction of sp³-hybridized carbons (Fsp3) is 0.350. The van der Waals surface area contributed by atoms with Gasteiger partial charge in [0, 0.05) is 37.4 Å². The van der Waals surface area contributed by atoms with E-state index in [1.54, 1.807) is 0 Å². The molecule has 0 atom stereocenters. The molecule has 27 heavy (non-hydrogen) atoms. The molecule has 2 heterocycles. The second-order valence-electron chi connectivity index (χ2n) is 7.04. The number of carbonyl (C=O) groups is 1. The number of hydrogen-bond acceptors (Lipinski definition) is 4. The van der Waals surface area contributed by atoms with Crippen LogP contribution in [0.4, 0.5) is 5.69 Å². The number of nitrogens with zero attached hydrogens (tertiary/aromatic N) is 2. The van der Waals surface area contributed by atoms with Gasteiger partial charge in [-0.05, 0) is 29.8 Å². The lowest BCUT2D eigenvalue weighted by atomic mass is 9.99. The molecule has 0 amide bonds. The van der Waals surface area contributed by atoms with Crippen LogP contribution >= 0.6 is 23.2 Å². The zero-order chi connectivity index (χ0) is 19.0. The highest BCUT2D eigenvalue weighted by Gasteiger charge is 2.32. The van der Waals surface area contributed by atoms with E-state index in [2.05, 4.69) is 28.0 Å². The van der Waals surface area contributed by atoms with Crippen molar-refractivity contribution in [2.45, 2.75) is 13.1 Å². The summed E-state index contributed by atoms with van der Waals surface area (Å²) in [5.74, 6) is -0.0499. The number of fused-ring (bicyclic) bond motifs is 1. The van der Waals surface area contributed by atoms with Crippen LogP contribution < -0.4 is 9.64 Å². The van der Waals surface area contributed by atoms with Crippen molar-refractivity contribution in [1.29, 1.82) is 0 Å². The molecule has 2 aromatic carbocycles. The summed E-state index contributed by atoms with van der Waals surface area (Å²) in [6, 6.07) is 11.9. The maximum absolute atomic E-state index is 10.9. The summed E-state index contributed by atoms with van der Waals surface area (Å²) in [7, 11) is 0. The summed E-state index contributed by atoms with van der Waals surface area (Å²) in [5.41, 5.74) is 3.28. The van der Waals surface area contributed by atoms with E-state index in [0.717, 1.165) is 42.2 Å². The SMILES string of the molecule is O=C(O)C1CN(Cc2ccc3c(c2)OCCN(c2ccc(Cl)c(Cl)c2)C3)C1. The van der Waals surface area contributed by atoms with Gasteiger partial charge in [-0.15, -0.1) is 0 Å². The number of carboxylic acid groups (broad SMARTS) is 1. The van der Waals surface area contributed by atoms with Crippen LogP contribution in [0.3, 0.4) is 0 Å². The van der Waals surface area contributed by atoms with E-state index in [9.17, 15) is 4.79 Å². The fourth-order valence-corrected chi connectivity index (χ4v) is 3.82. The van der Waals surface area contributed by atoms with E-state index >= 15 is 0 Å². The number of aliphatic carboxylic acids is 1. The van der Waals surface area contributed by atoms with Crippen LogP contribution in [0.2, 0.25) is 10.0 Å². The molecule has 0 bridgehead atoms. The average Bonchev–Trinajstić information content (AvgIpc) is 2.81. The number of carboxylic acids is 1. The van der Waals surface area contributed by atoms with Gasteiger partial charge in [-0.2, -0.15) is 0 Å². The summed E-state index contributed by atoms with van der Waals surface area (Å²) >= 11 is 12.2. The summed E-state index contributed by atoms with van der Waals surface area (Å²) in [5, 5.41) is 10.1. The van der Waals surface area contributed by atoms with Crippen LogP contribution in [0.1, 0.15) is 11.1 Å². The highest BCUT2D eigenvalue weighted by Crippen LogP contribution is 2.31. The smallest absolute Gasteiger partial charge is 0.309 e. The Kier molecular flexibility index (Phi) is 5.17. The van der Waals surface area contributed by atoms with Gasteiger partial charge in [0.15, 0.2) is 0 Å². The Morgan fingerprint density at radius 3 is 2.70 bits per heavy atom. The van der Waals surface area contributed by atoms with E-state index in [0.29, 0.717) is 29.7 Å². The Balaban J connectivity index is 1.46. The van der Waals surface area contributed by atoms with Crippen LogP contribution in [0.5, 0.6) is 5.75 Å². The molecule has 7 heteroatoms. The molecule has 0 aliphatic carbocycles. The van der Waals surface area contributed by atoms with Crippen LogP contribution in [-0.2, 0) is 17.9 Å². The van der Waals surface area contributed by atoms with Gasteiger partial charge in [-0.25, -0.2) is 0 Å². The summed E-state index contributed by atoms with van der Waals surface area (Å²) in [6.07, 6.45) is 0. The zero-order valence-corrected chi connectivity index (χ0v) is 16.2. The van der Waals surface area contributed by atoms with Crippen molar-refractivity contribution in [3.8, 4) is 5.75 Å². The van der Waals surface area contributed by atoms with Gasteiger partial charge < -0.3 is 14.7 Å². The lowest BCUT2D eigenvalue weighted by molar-refractivity contribution is -0.147. The number of halogens is 2. The second kappa shape index (κ2) is 7.58. The third-order valence-electron chi connectivity index (χ3n) is 5.09. The first-order chi connectivity index (χ1) is 13.0. The maximum atomic E-state index is 10.9. The molecule has 1 fully saturated rings. The molecule has 142 valence electrons. The molecule has 4 rings (SSSR count). The predicted octanol–water partition coefficient (Wildman–Crippen LogP) is 3.91. The van der Waals surface area contributed by atoms with Crippen molar-refractivity contribution < 1.29 is 14.6 Å². The van der Waals surface area contributed by atoms with Gasteiger partial charge >= 0.3 is 5.97 Å². The summed E-state index contributed by atoms with van der Waals surface area (Å²) in [6.45, 7) is 4.04. The first-order valence-corrected chi connectivity index (χ1v) is 9.65. The van der Waals surface area contributed by atoms with Gasteiger partial charge in [-0.3, -0.25) is 9.69 Å². The van der Waals surface area contributed by atoms with Gasteiger partial charge in [0.25, 0.3) is 0 Å². The second-order valence-corrected chi connectivity index (χ2v) is 7.85. The topological polar surface area (TPSA) is 53.0 Å². The van der Waals surface area contributed by atoms with Gasteiger partial charge in [-0.1, -0.05) is 35.3 Å². The van der Waals surface area contributed by atoms with Crippen molar-refractivity contribution in [3.63, 3.8) is 0 Å². The van der Waals surface area contributed by atoms with Crippen LogP contribution in [-0.4, -0.2) is 42.2 Å². The Morgan fingerprint density at radius 1 is 1.15 bits per heavy atom. The molecular formula is C20H20Cl2N2O3. The molecule has 0 aromatic heterocycles. The molecular weight excluding hydrogens is 387 g/mol. The lowest BCUT2D eigenvalue weighted by Gasteiger charge is -2.36. The van der Waals surface area contributed by atoms with Crippen molar-refractivity contribution in [3.05, 3.63) is 57.6 Å². The minimum absolute atomic E-state index is 0.234. The molecule has 1 N–H and O–H groups in total. The lowest BCUT2D eigenvalue weighted by Crippen LogP contribution is -2.49. The molecule has 1 saturated heterocycles. The highest BCUT2D eigenvalue weighted by atomic mass is 35.5. The van der Waals surface area contributed by atoms with Crippen molar-refractivity contribution in [2.24, 2.45) is 5.92 Å². The molecule has 2 aliphatic rings. The molecule has 2 aliphatic heterocycles. The molecule has 0 spiro atoms. The Hall–Kier alpha value is -1.95. The van der Waals surface area contributed by atoms with Crippen molar-refractivity contribution in [1.82, 2.24) is 4.90 Å². The third kappa shape index (κ3) is 4.00. The normalized spacial score (nSPS) is 17.6. The van der Waals surface area contributed by atoms with Gasteiger partial charge in [0.1, 0.15) is 12.4 Å². The quantitative estimate of drug-likeness (QED) is 0.833. The van der Waals surface area contributed by atoms with Gasteiger partial charge in [0.05, 0.1) is 22.5 Å². The number of ether oxygens (including phenoxy) is 1. The summed E-state index contributed by atoms with van der Waals surface area (Å²) < 4.78 is 5.97. The first-order valence-electron chi connectivity index (χ1n) is 8.89. The largest absolute Gasteiger partial charge is 0.491 e. The highest BCUT2D eigenvalue weighted by molar-refractivity contribution is 6.42. The zero-order valence-electron chi connectivity index (χ0n) is 14.7. The Morgan fingerprint density at radius 2 is 1.96 bits per heavy atom. The van der Waals surface area contributed by atoms with E-state index < -0.39 is 5.97 Å². The maximum Gasteiger partial charge on any atom is 0.309 e. The first kappa shape index (κ1) is 18.4. The van der Waals surface area contributed by atoms with Crippen molar-refractivity contribution in [2.75, 3.05) is 31.1 Å². The number of benzene rings is 2. The van der Waals surface area contributed by atoms with Crippen LogP contribution in [0.15, 0.2) is 36.4 Å². The Labute approximate surface area is 168 Å². The number of anilines is 1. The standard InChI is InChI=1S/C20H20Cl2N2O3/c21-17-4-3-16(8-18(17)22)24-5-6-27-19-7-13(1-2-14(19)12-24)9-23-10-15(11-23)20(25)26/h1-4,7-8,15H,5-6,9-12H2,(H,25,26). The van der Waals surface area contributed by atoms with Crippen molar-refractivity contribution >= 4 is 34.9 Å². The van der Waals surface area contributed by atoms with Crippen LogP contribution in [0.25, 0.3) is 0 Å². The van der Waals surface area contributed by atoms with E-state index in [1.807, 2.05) is 18.2 Å². The number of likely N-dealkylation sites (tertiary alicyclic amines) is 1. The van der Waals surface area contributed by atoms with E-state index in [1.165, 1.54) is 0 Å². The summed E-state index contributed by atoms with van der Waals surface area (Å²) in [4.78, 5) is 15.3. The molecule has 0 radical (unpaired) electrons. The minimum Gasteiger partial charge on any atom is -0.491 e. The number of hydrogen-bond donors (Lipinski definition) is 1. The molecule has 5 nitrogen and oxygen atoms in total. The average molecular weight is 407 g/mol. The fourth-order valence-electron chi connectivity index (χ4n) is 3.53. The van der Waals surface area contributed by atoms with E-state index in [-0.39, 0.29) is 5.92 Å². The third-order valence-corrected chi connectivity index (χ3v) is 5.83. The molecule has 0 unspecified atom stereocenters. The van der Waals surface area contributed by atoms with Crippen LogP contribution in [0, 0.1) is 5.92 Å². The predicted molar refractivity (Wildman–Crippen MR) is 106 cm³/mol.